The van der Waals surface area contributed by atoms with E-state index in [4.69, 9.17) is 9.15 Å². The second-order valence-electron chi connectivity index (χ2n) is 6.72. The minimum atomic E-state index is 0.837. The van der Waals surface area contributed by atoms with Crippen molar-refractivity contribution >= 4 is 11.0 Å². The zero-order valence-electron chi connectivity index (χ0n) is 16.3. The summed E-state index contributed by atoms with van der Waals surface area (Å²) >= 11 is 0. The molecule has 140 valence electrons. The highest BCUT2D eigenvalue weighted by molar-refractivity contribution is 5.78. The van der Waals surface area contributed by atoms with Crippen LogP contribution in [0.3, 0.4) is 0 Å². The molecule has 0 saturated carbocycles. The monoisotopic (exact) mass is 370 g/mol. The van der Waals surface area contributed by atoms with Gasteiger partial charge in [0.05, 0.1) is 18.6 Å². The molecular formula is C25H24NO2+. The average Bonchev–Trinajstić information content (AvgIpc) is 2.77. The van der Waals surface area contributed by atoms with Crippen LogP contribution in [0.4, 0.5) is 0 Å². The summed E-state index contributed by atoms with van der Waals surface area (Å²) in [6.45, 7) is 3.95. The van der Waals surface area contributed by atoms with Crippen LogP contribution in [0.2, 0.25) is 0 Å². The van der Waals surface area contributed by atoms with Gasteiger partial charge in [0, 0.05) is 11.1 Å². The van der Waals surface area contributed by atoms with Crippen molar-refractivity contribution in [2.75, 3.05) is 13.7 Å². The number of benzene rings is 3. The minimum Gasteiger partial charge on any atom is -0.497 e. The Bertz CT molecular complexity index is 1140. The molecule has 3 aromatic carbocycles. The van der Waals surface area contributed by atoms with Crippen LogP contribution in [0.1, 0.15) is 12.5 Å². The van der Waals surface area contributed by atoms with Crippen LogP contribution in [-0.2, 0) is 6.54 Å². The van der Waals surface area contributed by atoms with Gasteiger partial charge in [-0.2, -0.15) is 0 Å². The van der Waals surface area contributed by atoms with Crippen molar-refractivity contribution in [1.82, 2.24) is 4.58 Å². The van der Waals surface area contributed by atoms with Crippen molar-refractivity contribution in [3.05, 3.63) is 95.8 Å². The normalized spacial score (nSPS) is 12.1. The molecule has 0 aliphatic heterocycles. The quantitative estimate of drug-likeness (QED) is 0.457. The second-order valence-corrected chi connectivity index (χ2v) is 6.72. The lowest BCUT2D eigenvalue weighted by molar-refractivity contribution is 0.415. The van der Waals surface area contributed by atoms with Crippen molar-refractivity contribution in [2.45, 2.75) is 13.5 Å². The maximum Gasteiger partial charge on any atom is 0.215 e. The Kier molecular flexibility index (Phi) is 5.24. The number of methoxy groups -OCH3 is 1. The van der Waals surface area contributed by atoms with E-state index in [9.17, 15) is 0 Å². The van der Waals surface area contributed by atoms with Gasteiger partial charge in [-0.15, -0.1) is 0 Å². The molecule has 0 radical (unpaired) electrons. The fourth-order valence-electron chi connectivity index (χ4n) is 3.45. The third kappa shape index (κ3) is 3.70. The number of hydrogen-bond acceptors (Lipinski definition) is 2. The van der Waals surface area contributed by atoms with Crippen LogP contribution in [0, 0.1) is 0 Å². The molecule has 0 unspecified atom stereocenters. The molecule has 0 aliphatic carbocycles. The highest BCUT2D eigenvalue weighted by Gasteiger charge is 2.13. The minimum absolute atomic E-state index is 0.837. The summed E-state index contributed by atoms with van der Waals surface area (Å²) in [5.74, 6) is 1.69. The van der Waals surface area contributed by atoms with Gasteiger partial charge < -0.3 is 9.15 Å². The van der Waals surface area contributed by atoms with Crippen LogP contribution < -0.4 is 14.7 Å². The van der Waals surface area contributed by atoms with Gasteiger partial charge in [0.1, 0.15) is 23.6 Å². The lowest BCUT2D eigenvalue weighted by Crippen LogP contribution is -2.30. The first-order chi connectivity index (χ1) is 13.8. The van der Waals surface area contributed by atoms with Crippen LogP contribution in [0.25, 0.3) is 22.3 Å². The van der Waals surface area contributed by atoms with Crippen LogP contribution in [0.5, 0.6) is 5.75 Å². The summed E-state index contributed by atoms with van der Waals surface area (Å²) < 4.78 is 13.9. The van der Waals surface area contributed by atoms with Gasteiger partial charge in [-0.05, 0) is 43.3 Å². The highest BCUT2D eigenvalue weighted by Crippen LogP contribution is 2.24. The van der Waals surface area contributed by atoms with E-state index in [0.717, 1.165) is 41.1 Å². The second kappa shape index (κ2) is 8.13. The predicted octanol–water partition coefficient (Wildman–Crippen LogP) is 5.10. The largest absolute Gasteiger partial charge is 0.497 e. The Morgan fingerprint density at radius 3 is 2.29 bits per heavy atom. The van der Waals surface area contributed by atoms with Gasteiger partial charge in [0.2, 0.25) is 5.36 Å². The molecule has 1 heterocycles. The number of ether oxygens (including phenoxy) is 1. The first-order valence-corrected chi connectivity index (χ1v) is 9.57. The fourth-order valence-corrected chi connectivity index (χ4v) is 3.45. The molecule has 0 saturated heterocycles. The third-order valence-corrected chi connectivity index (χ3v) is 4.96. The molecular weight excluding hydrogens is 346 g/mol. The van der Waals surface area contributed by atoms with Crippen molar-refractivity contribution < 1.29 is 9.15 Å². The van der Waals surface area contributed by atoms with Crippen molar-refractivity contribution in [3.63, 3.8) is 0 Å². The zero-order valence-corrected chi connectivity index (χ0v) is 16.3. The van der Waals surface area contributed by atoms with Gasteiger partial charge in [-0.1, -0.05) is 42.5 Å². The summed E-state index contributed by atoms with van der Waals surface area (Å²) in [4.78, 5) is 0. The maximum atomic E-state index is 6.24. The fraction of sp³-hybridized carbons (Fsp3) is 0.160. The summed E-state index contributed by atoms with van der Waals surface area (Å²) in [7, 11) is 1.68. The van der Waals surface area contributed by atoms with Gasteiger partial charge >= 0.3 is 0 Å². The molecule has 0 bridgehead atoms. The number of nitrogens with zero attached hydrogens (tertiary/aromatic N) is 1. The number of rotatable bonds is 5. The maximum absolute atomic E-state index is 6.24. The lowest BCUT2D eigenvalue weighted by Gasteiger charge is -2.07. The number of hydrogen-bond donors (Lipinski definition) is 0. The van der Waals surface area contributed by atoms with Crippen LogP contribution in [-0.4, -0.2) is 13.7 Å². The van der Waals surface area contributed by atoms with Crippen LogP contribution >= 0.6 is 0 Å². The molecule has 0 fully saturated rings. The standard InChI is InChI=1S/C25H24NO2/c1-3-26(18-19-9-5-4-6-10-19)23-17-25(20-13-15-21(27-2)16-14-20)28-24-12-8-7-11-22(23)24/h4-17H,3,18H2,1-2H3/q+1. The van der Waals surface area contributed by atoms with Crippen molar-refractivity contribution in [2.24, 2.45) is 0 Å². The molecule has 0 spiro atoms. The Morgan fingerprint density at radius 1 is 0.857 bits per heavy atom. The predicted molar refractivity (Wildman–Crippen MR) is 114 cm³/mol. The summed E-state index contributed by atoms with van der Waals surface area (Å²) in [6, 6.07) is 28.9. The van der Waals surface area contributed by atoms with E-state index < -0.39 is 0 Å². The van der Waals surface area contributed by atoms with E-state index in [0.29, 0.717) is 0 Å². The van der Waals surface area contributed by atoms with Gasteiger partial charge in [-0.3, -0.25) is 0 Å². The highest BCUT2D eigenvalue weighted by atomic mass is 16.5. The van der Waals surface area contributed by atoms with Gasteiger partial charge in [0.15, 0.2) is 6.54 Å². The van der Waals surface area contributed by atoms with Crippen molar-refractivity contribution in [3.8, 4) is 17.1 Å². The lowest BCUT2D eigenvalue weighted by atomic mass is 10.1. The first kappa shape index (κ1) is 18.1. The van der Waals surface area contributed by atoms with Crippen molar-refractivity contribution in [1.29, 1.82) is 0 Å². The molecule has 0 N–H and O–H groups in total. The first-order valence-electron chi connectivity index (χ1n) is 9.57. The molecule has 0 aliphatic rings. The molecule has 3 heteroatoms. The molecule has 3 nitrogen and oxygen atoms in total. The van der Waals surface area contributed by atoms with E-state index in [-0.39, 0.29) is 0 Å². The summed E-state index contributed by atoms with van der Waals surface area (Å²) in [5.41, 5.74) is 3.21. The average molecular weight is 370 g/mol. The molecule has 4 rings (SSSR count). The Labute approximate surface area is 165 Å². The Morgan fingerprint density at radius 2 is 1.57 bits per heavy atom. The Hall–Kier alpha value is -3.33. The summed E-state index contributed by atoms with van der Waals surface area (Å²) in [6.07, 6.45) is 0. The van der Waals surface area contributed by atoms with E-state index >= 15 is 0 Å². The Balaban J connectivity index is 1.92. The van der Waals surface area contributed by atoms with E-state index in [1.807, 2.05) is 36.4 Å². The topological polar surface area (TPSA) is 25.4 Å². The molecule has 0 atom stereocenters. The number of para-hydroxylation sites is 1. The SMILES string of the molecule is CC[N+](Cc1ccccc1)=c1cc(-c2ccc(OC)cc2)oc2ccccc12. The molecule has 28 heavy (non-hydrogen) atoms. The van der Waals surface area contributed by atoms with Gasteiger partial charge in [0.25, 0.3) is 0 Å². The summed E-state index contributed by atoms with van der Waals surface area (Å²) in [5, 5.41) is 2.30. The zero-order chi connectivity index (χ0) is 19.3. The van der Waals surface area contributed by atoms with Gasteiger partial charge in [-0.25, -0.2) is 4.58 Å². The van der Waals surface area contributed by atoms with E-state index in [1.165, 1.54) is 10.9 Å². The number of fused-ring (bicyclic) bond motifs is 1. The molecule has 4 aromatic rings. The smallest absolute Gasteiger partial charge is 0.215 e. The van der Waals surface area contributed by atoms with Crippen LogP contribution in [0.15, 0.2) is 89.3 Å². The molecule has 1 aromatic heterocycles. The molecule has 0 amide bonds. The van der Waals surface area contributed by atoms with E-state index in [1.54, 1.807) is 7.11 Å². The third-order valence-electron chi connectivity index (χ3n) is 4.96. The van der Waals surface area contributed by atoms with E-state index in [2.05, 4.69) is 60.0 Å².